The summed E-state index contributed by atoms with van der Waals surface area (Å²) in [7, 11) is 0. The third-order valence-corrected chi connectivity index (χ3v) is 10.6. The van der Waals surface area contributed by atoms with Gasteiger partial charge in [0.05, 0.1) is 0 Å². The minimum absolute atomic E-state index is 0.0671. The summed E-state index contributed by atoms with van der Waals surface area (Å²) >= 11 is 0. The van der Waals surface area contributed by atoms with E-state index in [1.807, 2.05) is 18.2 Å². The van der Waals surface area contributed by atoms with Crippen LogP contribution in [0.3, 0.4) is 0 Å². The number of benzene rings is 3. The Morgan fingerprint density at radius 2 is 1.08 bits per heavy atom. The van der Waals surface area contributed by atoms with Crippen molar-refractivity contribution in [3.8, 4) is 11.5 Å². The Morgan fingerprint density at radius 1 is 0.625 bits per heavy atom. The summed E-state index contributed by atoms with van der Waals surface area (Å²) in [5.41, 5.74) is 4.44. The van der Waals surface area contributed by atoms with E-state index < -0.39 is 5.41 Å². The van der Waals surface area contributed by atoms with Gasteiger partial charge < -0.3 is 14.8 Å². The van der Waals surface area contributed by atoms with E-state index in [-0.39, 0.29) is 16.7 Å². The molecule has 258 valence electrons. The number of hydrogen-bond donors (Lipinski definition) is 1. The fourth-order valence-electron chi connectivity index (χ4n) is 7.70. The molecule has 3 heterocycles. The second-order valence-corrected chi connectivity index (χ2v) is 16.2. The van der Waals surface area contributed by atoms with Gasteiger partial charge in [0.2, 0.25) is 5.91 Å². The topological polar surface area (TPSA) is 54.0 Å². The average molecular weight is 652 g/mol. The first-order chi connectivity index (χ1) is 23.0. The van der Waals surface area contributed by atoms with Gasteiger partial charge in [0.25, 0.3) is 0 Å². The Labute approximate surface area is 289 Å². The number of likely N-dealkylation sites (tertiary alicyclic amines) is 2. The quantitative estimate of drug-likeness (QED) is 0.239. The first kappa shape index (κ1) is 34.5. The highest BCUT2D eigenvalue weighted by Crippen LogP contribution is 2.54. The monoisotopic (exact) mass is 651 g/mol. The lowest BCUT2D eigenvalue weighted by molar-refractivity contribution is -0.118. The highest BCUT2D eigenvalue weighted by atomic mass is 16.5. The van der Waals surface area contributed by atoms with E-state index in [1.54, 1.807) is 0 Å². The van der Waals surface area contributed by atoms with Gasteiger partial charge in [0.15, 0.2) is 0 Å². The Balaban J connectivity index is 1.51. The number of carbonyl (C=O) groups is 1. The van der Waals surface area contributed by atoms with E-state index in [1.165, 1.54) is 38.5 Å². The van der Waals surface area contributed by atoms with E-state index in [2.05, 4.69) is 99.1 Å². The summed E-state index contributed by atoms with van der Waals surface area (Å²) in [4.78, 5) is 20.0. The van der Waals surface area contributed by atoms with Crippen molar-refractivity contribution in [1.82, 2.24) is 9.80 Å². The largest absolute Gasteiger partial charge is 0.492 e. The highest BCUT2D eigenvalue weighted by Gasteiger charge is 2.53. The van der Waals surface area contributed by atoms with Crippen LogP contribution in [0.2, 0.25) is 0 Å². The molecule has 2 saturated heterocycles. The van der Waals surface area contributed by atoms with Crippen LogP contribution in [-0.2, 0) is 21.0 Å². The Bertz CT molecular complexity index is 1490. The van der Waals surface area contributed by atoms with E-state index in [9.17, 15) is 4.79 Å². The number of amides is 1. The van der Waals surface area contributed by atoms with Crippen LogP contribution in [-0.4, -0.2) is 68.2 Å². The zero-order chi connectivity index (χ0) is 33.9. The van der Waals surface area contributed by atoms with E-state index in [0.29, 0.717) is 13.2 Å². The van der Waals surface area contributed by atoms with E-state index in [0.717, 1.165) is 84.3 Å². The smallest absolute Gasteiger partial charge is 0.244 e. The SMILES string of the molecule is CC(C)(C)c1ccc(OCCN2CCCCC2)c(C2(c3cc(C(C)(C)C)ccc3OCCN3CCCCC3)C(=O)Nc3ccccc32)c1. The van der Waals surface area contributed by atoms with Crippen molar-refractivity contribution >= 4 is 11.6 Å². The molecule has 3 aliphatic heterocycles. The molecule has 0 radical (unpaired) electrons. The molecular weight excluding hydrogens is 594 g/mol. The van der Waals surface area contributed by atoms with Crippen molar-refractivity contribution in [2.45, 2.75) is 96.3 Å². The molecule has 6 nitrogen and oxygen atoms in total. The normalized spacial score (nSPS) is 18.8. The lowest BCUT2D eigenvalue weighted by atomic mass is 9.67. The maximum atomic E-state index is 15.0. The second-order valence-electron chi connectivity index (χ2n) is 16.2. The number of piperidine rings is 2. The summed E-state index contributed by atoms with van der Waals surface area (Å²) in [6.45, 7) is 20.8. The van der Waals surface area contributed by atoms with Crippen LogP contribution in [0.5, 0.6) is 11.5 Å². The number of fused-ring (bicyclic) bond motifs is 1. The van der Waals surface area contributed by atoms with Gasteiger partial charge in [0, 0.05) is 35.5 Å². The molecule has 3 aromatic carbocycles. The fourth-order valence-corrected chi connectivity index (χ4v) is 7.70. The van der Waals surface area contributed by atoms with Gasteiger partial charge in [-0.05, 0) is 104 Å². The zero-order valence-electron chi connectivity index (χ0n) is 30.3. The van der Waals surface area contributed by atoms with Crippen molar-refractivity contribution in [2.24, 2.45) is 0 Å². The Kier molecular flexibility index (Phi) is 10.2. The number of para-hydroxylation sites is 1. The number of rotatable bonds is 10. The van der Waals surface area contributed by atoms with Gasteiger partial charge in [-0.15, -0.1) is 0 Å². The molecule has 0 bridgehead atoms. The maximum absolute atomic E-state index is 15.0. The first-order valence-electron chi connectivity index (χ1n) is 18.4. The van der Waals surface area contributed by atoms with Gasteiger partial charge in [0.1, 0.15) is 30.1 Å². The highest BCUT2D eigenvalue weighted by molar-refractivity contribution is 6.12. The molecule has 48 heavy (non-hydrogen) atoms. The number of hydrogen-bond acceptors (Lipinski definition) is 5. The molecule has 1 N–H and O–H groups in total. The van der Waals surface area contributed by atoms with Gasteiger partial charge in [-0.2, -0.15) is 0 Å². The first-order valence-corrected chi connectivity index (χ1v) is 18.4. The lowest BCUT2D eigenvalue weighted by Gasteiger charge is -2.35. The van der Waals surface area contributed by atoms with Gasteiger partial charge in [-0.1, -0.05) is 84.7 Å². The fraction of sp³-hybridized carbons (Fsp3) is 0.548. The van der Waals surface area contributed by atoms with E-state index in [4.69, 9.17) is 9.47 Å². The zero-order valence-corrected chi connectivity index (χ0v) is 30.3. The Hall–Kier alpha value is -3.35. The number of ether oxygens (including phenoxy) is 2. The van der Waals surface area contributed by atoms with Crippen molar-refractivity contribution in [2.75, 3.05) is 57.8 Å². The van der Waals surface area contributed by atoms with Crippen LogP contribution in [0.1, 0.15) is 108 Å². The molecular formula is C42H57N3O3. The molecule has 3 aromatic rings. The predicted octanol–water partition coefficient (Wildman–Crippen LogP) is 8.30. The van der Waals surface area contributed by atoms with Crippen molar-refractivity contribution < 1.29 is 14.3 Å². The molecule has 0 unspecified atom stereocenters. The molecule has 0 saturated carbocycles. The van der Waals surface area contributed by atoms with Crippen LogP contribution in [0.25, 0.3) is 0 Å². The van der Waals surface area contributed by atoms with Gasteiger partial charge in [-0.25, -0.2) is 0 Å². The number of anilines is 1. The molecule has 6 heteroatoms. The predicted molar refractivity (Wildman–Crippen MR) is 197 cm³/mol. The second kappa shape index (κ2) is 14.2. The Morgan fingerprint density at radius 3 is 1.54 bits per heavy atom. The molecule has 0 aromatic heterocycles. The molecule has 0 spiro atoms. The average Bonchev–Trinajstić information content (AvgIpc) is 3.37. The molecule has 6 rings (SSSR count). The van der Waals surface area contributed by atoms with Crippen molar-refractivity contribution in [3.63, 3.8) is 0 Å². The number of nitrogens with one attached hydrogen (secondary N) is 1. The third-order valence-electron chi connectivity index (χ3n) is 10.6. The van der Waals surface area contributed by atoms with Crippen LogP contribution >= 0.6 is 0 Å². The standard InChI is InChI=1S/C42H57N3O3/c1-40(2,3)31-17-19-37(47-27-25-44-21-11-7-12-22-44)34(29-31)42(33-15-9-10-16-36(33)43-39(42)46)35-30-32(41(4,5)6)18-20-38(35)48-28-26-45-23-13-8-14-24-45/h9-10,15-20,29-30H,7-8,11-14,21-28H2,1-6H3,(H,43,46). The summed E-state index contributed by atoms with van der Waals surface area (Å²) in [5.74, 6) is 1.45. The molecule has 2 fully saturated rings. The summed E-state index contributed by atoms with van der Waals surface area (Å²) in [6.07, 6.45) is 7.60. The van der Waals surface area contributed by atoms with Gasteiger partial charge >= 0.3 is 0 Å². The summed E-state index contributed by atoms with van der Waals surface area (Å²) in [6, 6.07) is 21.2. The molecule has 1 amide bonds. The van der Waals surface area contributed by atoms with Crippen molar-refractivity contribution in [1.29, 1.82) is 0 Å². The van der Waals surface area contributed by atoms with Crippen LogP contribution in [0, 0.1) is 0 Å². The van der Waals surface area contributed by atoms with E-state index >= 15 is 0 Å². The number of carbonyl (C=O) groups excluding carboxylic acids is 1. The van der Waals surface area contributed by atoms with Crippen LogP contribution in [0.15, 0.2) is 60.7 Å². The third kappa shape index (κ3) is 7.16. The van der Waals surface area contributed by atoms with Crippen LogP contribution < -0.4 is 14.8 Å². The minimum atomic E-state index is -1.17. The maximum Gasteiger partial charge on any atom is 0.244 e. The summed E-state index contributed by atoms with van der Waals surface area (Å²) < 4.78 is 13.5. The van der Waals surface area contributed by atoms with Crippen molar-refractivity contribution in [3.05, 3.63) is 88.5 Å². The number of nitrogens with zero attached hydrogens (tertiary/aromatic N) is 2. The lowest BCUT2D eigenvalue weighted by Crippen LogP contribution is -2.39. The molecule has 0 aliphatic carbocycles. The van der Waals surface area contributed by atoms with Crippen LogP contribution in [0.4, 0.5) is 5.69 Å². The molecule has 3 aliphatic rings. The van der Waals surface area contributed by atoms with Gasteiger partial charge in [-0.3, -0.25) is 14.6 Å². The summed E-state index contributed by atoms with van der Waals surface area (Å²) in [5, 5.41) is 3.31. The molecule has 0 atom stereocenters. The minimum Gasteiger partial charge on any atom is -0.492 e.